The lowest BCUT2D eigenvalue weighted by molar-refractivity contribution is 0.295. The van der Waals surface area contributed by atoms with Crippen molar-refractivity contribution in [2.24, 2.45) is 5.92 Å². The highest BCUT2D eigenvalue weighted by Crippen LogP contribution is 2.27. The van der Waals surface area contributed by atoms with E-state index in [0.29, 0.717) is 5.92 Å². The number of benzene rings is 1. The van der Waals surface area contributed by atoms with Crippen LogP contribution in [0.15, 0.2) is 24.3 Å². The van der Waals surface area contributed by atoms with Gasteiger partial charge in [-0.05, 0) is 42.5 Å². The first-order chi connectivity index (χ1) is 7.65. The summed E-state index contributed by atoms with van der Waals surface area (Å²) in [5, 5.41) is 0. The number of likely N-dealkylation sites (tertiary alicyclic amines) is 1. The van der Waals surface area contributed by atoms with Gasteiger partial charge in [0.05, 0.1) is 0 Å². The van der Waals surface area contributed by atoms with Crippen molar-refractivity contribution in [1.82, 2.24) is 4.90 Å². The van der Waals surface area contributed by atoms with Crippen molar-refractivity contribution in [2.75, 3.05) is 25.4 Å². The lowest BCUT2D eigenvalue weighted by Gasteiger charge is -2.18. The van der Waals surface area contributed by atoms with E-state index in [4.69, 9.17) is 5.73 Å². The Balaban J connectivity index is 1.95. The zero-order valence-electron chi connectivity index (χ0n) is 10.3. The molecule has 1 saturated heterocycles. The molecule has 1 atom stereocenters. The van der Waals surface area contributed by atoms with E-state index < -0.39 is 0 Å². The molecule has 2 N–H and O–H groups in total. The fraction of sp³-hybridized carbons (Fsp3) is 0.571. The zero-order valence-corrected chi connectivity index (χ0v) is 10.3. The number of anilines is 1. The average Bonchev–Trinajstić information content (AvgIpc) is 2.66. The zero-order chi connectivity index (χ0) is 11.5. The topological polar surface area (TPSA) is 29.3 Å². The van der Waals surface area contributed by atoms with E-state index in [1.807, 2.05) is 12.1 Å². The summed E-state index contributed by atoms with van der Waals surface area (Å²) >= 11 is 0. The van der Waals surface area contributed by atoms with E-state index in [2.05, 4.69) is 30.9 Å². The molecule has 1 aliphatic heterocycles. The SMILES string of the molecule is CC(C)CN1CCC(c2ccc(N)cc2)C1. The highest BCUT2D eigenvalue weighted by molar-refractivity contribution is 5.40. The Kier molecular flexibility index (Phi) is 3.49. The Morgan fingerprint density at radius 1 is 1.31 bits per heavy atom. The molecular formula is C14H22N2. The van der Waals surface area contributed by atoms with Crippen LogP contribution in [0.2, 0.25) is 0 Å². The van der Waals surface area contributed by atoms with Crippen molar-refractivity contribution in [1.29, 1.82) is 0 Å². The van der Waals surface area contributed by atoms with Crippen LogP contribution >= 0.6 is 0 Å². The highest BCUT2D eigenvalue weighted by atomic mass is 15.1. The van der Waals surface area contributed by atoms with E-state index in [9.17, 15) is 0 Å². The lowest BCUT2D eigenvalue weighted by Crippen LogP contribution is -2.24. The summed E-state index contributed by atoms with van der Waals surface area (Å²) in [6.45, 7) is 8.26. The fourth-order valence-corrected chi connectivity index (χ4v) is 2.56. The number of rotatable bonds is 3. The van der Waals surface area contributed by atoms with Crippen molar-refractivity contribution in [2.45, 2.75) is 26.2 Å². The lowest BCUT2D eigenvalue weighted by atomic mass is 9.98. The van der Waals surface area contributed by atoms with E-state index >= 15 is 0 Å². The van der Waals surface area contributed by atoms with Gasteiger partial charge in [0.2, 0.25) is 0 Å². The van der Waals surface area contributed by atoms with Gasteiger partial charge in [0.25, 0.3) is 0 Å². The smallest absolute Gasteiger partial charge is 0.0314 e. The third-order valence-corrected chi connectivity index (χ3v) is 3.30. The largest absolute Gasteiger partial charge is 0.399 e. The van der Waals surface area contributed by atoms with E-state index in [0.717, 1.165) is 11.6 Å². The monoisotopic (exact) mass is 218 g/mol. The number of nitrogen functional groups attached to an aromatic ring is 1. The predicted molar refractivity (Wildman–Crippen MR) is 69.5 cm³/mol. The molecule has 2 heteroatoms. The molecule has 88 valence electrons. The van der Waals surface area contributed by atoms with Crippen LogP contribution in [0.4, 0.5) is 5.69 Å². The van der Waals surface area contributed by atoms with E-state index in [1.165, 1.54) is 31.6 Å². The second kappa shape index (κ2) is 4.88. The van der Waals surface area contributed by atoms with Crippen LogP contribution in [0.5, 0.6) is 0 Å². The molecule has 16 heavy (non-hydrogen) atoms. The molecule has 0 radical (unpaired) electrons. The van der Waals surface area contributed by atoms with Crippen molar-refractivity contribution in [3.8, 4) is 0 Å². The van der Waals surface area contributed by atoms with Gasteiger partial charge in [-0.1, -0.05) is 26.0 Å². The molecule has 1 heterocycles. The maximum absolute atomic E-state index is 5.71. The maximum Gasteiger partial charge on any atom is 0.0314 e. The second-order valence-electron chi connectivity index (χ2n) is 5.31. The van der Waals surface area contributed by atoms with Crippen LogP contribution in [0, 0.1) is 5.92 Å². The molecule has 1 fully saturated rings. The Hall–Kier alpha value is -1.02. The summed E-state index contributed by atoms with van der Waals surface area (Å²) in [5.74, 6) is 1.48. The molecule has 2 nitrogen and oxygen atoms in total. The van der Waals surface area contributed by atoms with Gasteiger partial charge < -0.3 is 10.6 Å². The number of hydrogen-bond acceptors (Lipinski definition) is 2. The standard InChI is InChI=1S/C14H22N2/c1-11(2)9-16-8-7-13(10-16)12-3-5-14(15)6-4-12/h3-6,11,13H,7-10,15H2,1-2H3. The molecule has 0 aromatic heterocycles. The summed E-state index contributed by atoms with van der Waals surface area (Å²) in [7, 11) is 0. The van der Waals surface area contributed by atoms with Gasteiger partial charge in [0.1, 0.15) is 0 Å². The molecule has 0 bridgehead atoms. The Labute approximate surface area is 98.4 Å². The highest BCUT2D eigenvalue weighted by Gasteiger charge is 2.23. The van der Waals surface area contributed by atoms with Crippen molar-refractivity contribution in [3.05, 3.63) is 29.8 Å². The first-order valence-electron chi connectivity index (χ1n) is 6.23. The normalized spacial score (nSPS) is 21.8. The van der Waals surface area contributed by atoms with Gasteiger partial charge in [-0.2, -0.15) is 0 Å². The van der Waals surface area contributed by atoms with E-state index in [-0.39, 0.29) is 0 Å². The molecule has 0 spiro atoms. The maximum atomic E-state index is 5.71. The van der Waals surface area contributed by atoms with Crippen molar-refractivity contribution >= 4 is 5.69 Å². The van der Waals surface area contributed by atoms with Gasteiger partial charge in [0.15, 0.2) is 0 Å². The van der Waals surface area contributed by atoms with Gasteiger partial charge in [-0.3, -0.25) is 0 Å². The van der Waals surface area contributed by atoms with Crippen LogP contribution < -0.4 is 5.73 Å². The van der Waals surface area contributed by atoms with Crippen LogP contribution in [-0.4, -0.2) is 24.5 Å². The summed E-state index contributed by atoms with van der Waals surface area (Å²) in [5.41, 5.74) is 8.01. The van der Waals surface area contributed by atoms with Gasteiger partial charge in [-0.25, -0.2) is 0 Å². The molecule has 2 rings (SSSR count). The van der Waals surface area contributed by atoms with Crippen LogP contribution in [-0.2, 0) is 0 Å². The van der Waals surface area contributed by atoms with Crippen molar-refractivity contribution < 1.29 is 0 Å². The summed E-state index contributed by atoms with van der Waals surface area (Å²) in [6.07, 6.45) is 1.29. The molecule has 0 saturated carbocycles. The van der Waals surface area contributed by atoms with Gasteiger partial charge in [0, 0.05) is 18.8 Å². The number of nitrogens with zero attached hydrogens (tertiary/aromatic N) is 1. The third kappa shape index (κ3) is 2.76. The molecule has 0 aliphatic carbocycles. The summed E-state index contributed by atoms with van der Waals surface area (Å²) in [6, 6.07) is 8.39. The van der Waals surface area contributed by atoms with Crippen molar-refractivity contribution in [3.63, 3.8) is 0 Å². The van der Waals surface area contributed by atoms with Gasteiger partial charge >= 0.3 is 0 Å². The van der Waals surface area contributed by atoms with E-state index in [1.54, 1.807) is 0 Å². The number of nitrogens with two attached hydrogens (primary N) is 1. The van der Waals surface area contributed by atoms with Crippen LogP contribution in [0.3, 0.4) is 0 Å². The second-order valence-corrected chi connectivity index (χ2v) is 5.31. The minimum Gasteiger partial charge on any atom is -0.399 e. The molecule has 1 aromatic carbocycles. The number of hydrogen-bond donors (Lipinski definition) is 1. The third-order valence-electron chi connectivity index (χ3n) is 3.30. The first kappa shape index (κ1) is 11.5. The molecule has 1 aliphatic rings. The minimum atomic E-state index is 0.708. The summed E-state index contributed by atoms with van der Waals surface area (Å²) < 4.78 is 0. The Morgan fingerprint density at radius 2 is 2.00 bits per heavy atom. The molecular weight excluding hydrogens is 196 g/mol. The Bertz CT molecular complexity index is 329. The van der Waals surface area contributed by atoms with Crippen LogP contribution in [0.25, 0.3) is 0 Å². The minimum absolute atomic E-state index is 0.708. The first-order valence-corrected chi connectivity index (χ1v) is 6.23. The molecule has 1 aromatic rings. The Morgan fingerprint density at radius 3 is 2.62 bits per heavy atom. The molecule has 0 amide bonds. The summed E-state index contributed by atoms with van der Waals surface area (Å²) in [4.78, 5) is 2.58. The molecule has 1 unspecified atom stereocenters. The van der Waals surface area contributed by atoms with Crippen LogP contribution in [0.1, 0.15) is 31.7 Å². The predicted octanol–water partition coefficient (Wildman–Crippen LogP) is 2.71. The fourth-order valence-electron chi connectivity index (χ4n) is 2.56. The van der Waals surface area contributed by atoms with Gasteiger partial charge in [-0.15, -0.1) is 0 Å². The quantitative estimate of drug-likeness (QED) is 0.790. The average molecular weight is 218 g/mol.